The molecule has 1 fully saturated rings. The fourth-order valence-corrected chi connectivity index (χ4v) is 2.93. The first-order valence-corrected chi connectivity index (χ1v) is 7.20. The van der Waals surface area contributed by atoms with Gasteiger partial charge in [-0.3, -0.25) is 4.79 Å². The van der Waals surface area contributed by atoms with Crippen LogP contribution in [0, 0.1) is 5.82 Å². The number of nitrogens with one attached hydrogen (secondary N) is 1. The third kappa shape index (κ3) is 2.25. The molecule has 106 valence electrons. The van der Waals surface area contributed by atoms with Gasteiger partial charge in [0.15, 0.2) is 0 Å². The molecule has 1 aliphatic heterocycles. The van der Waals surface area contributed by atoms with Gasteiger partial charge in [-0.05, 0) is 12.5 Å². The highest BCUT2D eigenvalue weighted by atomic mass is 35.5. The number of aromatic nitrogens is 2. The molecule has 7 heteroatoms. The first-order valence-electron chi connectivity index (χ1n) is 6.28. The smallest absolute Gasteiger partial charge is 0.220 e. The molecular formula is C13H12Cl2FN3O. The maximum atomic E-state index is 13.5. The van der Waals surface area contributed by atoms with Crippen molar-refractivity contribution in [3.8, 4) is 0 Å². The monoisotopic (exact) mass is 315 g/mol. The van der Waals surface area contributed by atoms with E-state index in [0.717, 1.165) is 5.52 Å². The molecular weight excluding hydrogens is 304 g/mol. The summed E-state index contributed by atoms with van der Waals surface area (Å²) in [5.74, 6) is 0.423. The molecule has 1 unspecified atom stereocenters. The zero-order chi connectivity index (χ0) is 14.3. The number of carbonyl (C=O) groups excluding carboxylic acids is 1. The van der Waals surface area contributed by atoms with Crippen LogP contribution in [0.5, 0.6) is 0 Å². The van der Waals surface area contributed by atoms with Crippen molar-refractivity contribution in [2.75, 3.05) is 6.54 Å². The maximum Gasteiger partial charge on any atom is 0.220 e. The Balaban J connectivity index is 2.12. The van der Waals surface area contributed by atoms with Crippen molar-refractivity contribution >= 4 is 40.1 Å². The van der Waals surface area contributed by atoms with Crippen molar-refractivity contribution in [1.29, 1.82) is 0 Å². The summed E-state index contributed by atoms with van der Waals surface area (Å²) in [6, 6.07) is 2.94. The Morgan fingerprint density at radius 2 is 2.30 bits per heavy atom. The van der Waals surface area contributed by atoms with Crippen LogP contribution < -0.4 is 5.32 Å². The average Bonchev–Trinajstić information content (AvgIpc) is 2.78. The van der Waals surface area contributed by atoms with Gasteiger partial charge in [0.05, 0.1) is 28.0 Å². The van der Waals surface area contributed by atoms with E-state index in [-0.39, 0.29) is 22.9 Å². The number of nitrogens with zero attached hydrogens (tertiary/aromatic N) is 2. The molecule has 0 bridgehead atoms. The lowest BCUT2D eigenvalue weighted by Gasteiger charge is -2.25. The Morgan fingerprint density at radius 3 is 2.95 bits per heavy atom. The van der Waals surface area contributed by atoms with Crippen LogP contribution >= 0.6 is 23.2 Å². The van der Waals surface area contributed by atoms with Crippen LogP contribution in [-0.2, 0) is 10.7 Å². The standard InChI is InChI=1S/C13H12Cl2FN3O/c14-5-12-18-10-4-9(16)8(15)3-11(10)19(12)7-1-2-13(20)17-6-7/h3-4,7H,1-2,5-6H2,(H,17,20). The van der Waals surface area contributed by atoms with Gasteiger partial charge in [0.25, 0.3) is 0 Å². The fourth-order valence-electron chi connectivity index (χ4n) is 2.58. The first-order chi connectivity index (χ1) is 9.60. The molecule has 2 heterocycles. The summed E-state index contributed by atoms with van der Waals surface area (Å²) >= 11 is 11.8. The minimum Gasteiger partial charge on any atom is -0.354 e. The van der Waals surface area contributed by atoms with Crippen molar-refractivity contribution < 1.29 is 9.18 Å². The van der Waals surface area contributed by atoms with E-state index in [9.17, 15) is 9.18 Å². The molecule has 1 aromatic carbocycles. The molecule has 4 nitrogen and oxygen atoms in total. The summed E-state index contributed by atoms with van der Waals surface area (Å²) in [5, 5.41) is 2.88. The number of imidazole rings is 1. The van der Waals surface area contributed by atoms with Crippen LogP contribution in [-0.4, -0.2) is 22.0 Å². The number of amides is 1. The number of benzene rings is 1. The van der Waals surface area contributed by atoms with Crippen LogP contribution in [0.1, 0.15) is 24.7 Å². The highest BCUT2D eigenvalue weighted by Crippen LogP contribution is 2.29. The molecule has 1 atom stereocenters. The lowest BCUT2D eigenvalue weighted by atomic mass is 10.1. The fraction of sp³-hybridized carbons (Fsp3) is 0.385. The van der Waals surface area contributed by atoms with Crippen LogP contribution in [0.4, 0.5) is 4.39 Å². The normalized spacial score (nSPS) is 19.4. The largest absolute Gasteiger partial charge is 0.354 e. The predicted molar refractivity (Wildman–Crippen MR) is 75.5 cm³/mol. The summed E-state index contributed by atoms with van der Waals surface area (Å²) < 4.78 is 15.5. The summed E-state index contributed by atoms with van der Waals surface area (Å²) in [5.41, 5.74) is 1.27. The zero-order valence-corrected chi connectivity index (χ0v) is 12.0. The zero-order valence-electron chi connectivity index (χ0n) is 10.5. The van der Waals surface area contributed by atoms with Gasteiger partial charge in [0, 0.05) is 19.0 Å². The third-order valence-electron chi connectivity index (χ3n) is 3.53. The van der Waals surface area contributed by atoms with Gasteiger partial charge in [-0.25, -0.2) is 9.37 Å². The van der Waals surface area contributed by atoms with E-state index in [1.807, 2.05) is 4.57 Å². The second-order valence-corrected chi connectivity index (χ2v) is 5.46. The lowest BCUT2D eigenvalue weighted by Crippen LogP contribution is -2.36. The van der Waals surface area contributed by atoms with Gasteiger partial charge in [-0.15, -0.1) is 11.6 Å². The topological polar surface area (TPSA) is 46.9 Å². The van der Waals surface area contributed by atoms with E-state index in [1.165, 1.54) is 6.07 Å². The van der Waals surface area contributed by atoms with E-state index >= 15 is 0 Å². The number of halogens is 3. The summed E-state index contributed by atoms with van der Waals surface area (Å²) in [6.07, 6.45) is 1.16. The molecule has 20 heavy (non-hydrogen) atoms. The predicted octanol–water partition coefficient (Wildman–Crippen LogP) is 3.02. The Hall–Kier alpha value is -1.33. The van der Waals surface area contributed by atoms with Crippen molar-refractivity contribution in [3.05, 3.63) is 28.8 Å². The number of fused-ring (bicyclic) bond motifs is 1. The highest BCUT2D eigenvalue weighted by molar-refractivity contribution is 6.31. The number of hydrogen-bond acceptors (Lipinski definition) is 2. The van der Waals surface area contributed by atoms with E-state index in [2.05, 4.69) is 10.3 Å². The van der Waals surface area contributed by atoms with E-state index in [0.29, 0.717) is 30.7 Å². The number of carbonyl (C=O) groups is 1. The molecule has 1 amide bonds. The molecule has 0 aliphatic carbocycles. The minimum absolute atomic E-state index is 0.0437. The van der Waals surface area contributed by atoms with Gasteiger partial charge < -0.3 is 9.88 Å². The second-order valence-electron chi connectivity index (χ2n) is 4.78. The summed E-state index contributed by atoms with van der Waals surface area (Å²) in [6.45, 7) is 0.517. The quantitative estimate of drug-likeness (QED) is 0.866. The minimum atomic E-state index is -0.498. The van der Waals surface area contributed by atoms with Crippen LogP contribution in [0.25, 0.3) is 11.0 Å². The maximum absolute atomic E-state index is 13.5. The Kier molecular flexibility index (Phi) is 3.56. The van der Waals surface area contributed by atoms with Crippen molar-refractivity contribution in [2.45, 2.75) is 24.8 Å². The summed E-state index contributed by atoms with van der Waals surface area (Å²) in [7, 11) is 0. The van der Waals surface area contributed by atoms with E-state index < -0.39 is 5.82 Å². The van der Waals surface area contributed by atoms with Gasteiger partial charge in [0.2, 0.25) is 5.91 Å². The second kappa shape index (κ2) is 5.22. The van der Waals surface area contributed by atoms with Gasteiger partial charge in [0.1, 0.15) is 11.6 Å². The lowest BCUT2D eigenvalue weighted by molar-refractivity contribution is -0.122. The SMILES string of the molecule is O=C1CCC(n2c(CCl)nc3cc(F)c(Cl)cc32)CN1. The van der Waals surface area contributed by atoms with Crippen LogP contribution in [0.2, 0.25) is 5.02 Å². The van der Waals surface area contributed by atoms with E-state index in [1.54, 1.807) is 6.07 Å². The Labute approximate surface area is 124 Å². The molecule has 0 saturated carbocycles. The first kappa shape index (κ1) is 13.6. The third-order valence-corrected chi connectivity index (χ3v) is 4.06. The van der Waals surface area contributed by atoms with Gasteiger partial charge in [-0.2, -0.15) is 0 Å². The Bertz CT molecular complexity index is 676. The van der Waals surface area contributed by atoms with E-state index in [4.69, 9.17) is 23.2 Å². The molecule has 1 N–H and O–H groups in total. The molecule has 1 saturated heterocycles. The average molecular weight is 316 g/mol. The van der Waals surface area contributed by atoms with Crippen LogP contribution in [0.3, 0.4) is 0 Å². The highest BCUT2D eigenvalue weighted by Gasteiger charge is 2.24. The number of hydrogen-bond donors (Lipinski definition) is 1. The van der Waals surface area contributed by atoms with Crippen LogP contribution in [0.15, 0.2) is 12.1 Å². The van der Waals surface area contributed by atoms with Gasteiger partial charge >= 0.3 is 0 Å². The molecule has 0 radical (unpaired) electrons. The molecule has 2 aromatic rings. The van der Waals surface area contributed by atoms with Gasteiger partial charge in [-0.1, -0.05) is 11.6 Å². The molecule has 3 rings (SSSR count). The van der Waals surface area contributed by atoms with Crippen molar-refractivity contribution in [1.82, 2.24) is 14.9 Å². The molecule has 1 aromatic heterocycles. The number of piperidine rings is 1. The number of alkyl halides is 1. The number of rotatable bonds is 2. The van der Waals surface area contributed by atoms with Crippen molar-refractivity contribution in [3.63, 3.8) is 0 Å². The molecule has 1 aliphatic rings. The summed E-state index contributed by atoms with van der Waals surface area (Å²) in [4.78, 5) is 15.6. The Morgan fingerprint density at radius 1 is 1.50 bits per heavy atom. The molecule has 0 spiro atoms. The van der Waals surface area contributed by atoms with Crippen molar-refractivity contribution in [2.24, 2.45) is 0 Å².